The summed E-state index contributed by atoms with van der Waals surface area (Å²) in [5.41, 5.74) is 5.97. The summed E-state index contributed by atoms with van der Waals surface area (Å²) in [7, 11) is 2.30. The van der Waals surface area contributed by atoms with Crippen LogP contribution < -0.4 is 0 Å². The van der Waals surface area contributed by atoms with Gasteiger partial charge in [0.15, 0.2) is 0 Å². The maximum atomic E-state index is 2.57. The zero-order chi connectivity index (χ0) is 14.4. The van der Waals surface area contributed by atoms with Crippen molar-refractivity contribution in [3.05, 3.63) is 70.8 Å². The Morgan fingerprint density at radius 3 is 2.43 bits per heavy atom. The second-order valence-corrected chi connectivity index (χ2v) is 6.75. The maximum absolute atomic E-state index is 2.57. The number of likely N-dealkylation sites (tertiary alicyclic amines) is 1. The van der Waals surface area contributed by atoms with Gasteiger partial charge in [-0.15, -0.1) is 0 Å². The molecule has 1 aliphatic heterocycles. The minimum atomic E-state index is 0.578. The third kappa shape index (κ3) is 2.03. The topological polar surface area (TPSA) is 3.24 Å². The standard InChI is InChI=1S/C20H23N/c1-14-9-11-15(12-10-14)19-16-6-3-4-7-17(16)20-18(19)8-5-13-21(20)2/h3-4,6-7,9-12,18-20H,5,8,13H2,1-2H3/t18-,19+,20+/m0/s1. The molecule has 1 nitrogen and oxygen atoms in total. The van der Waals surface area contributed by atoms with Crippen LogP contribution in [0.1, 0.15) is 47.1 Å². The number of benzene rings is 2. The molecule has 1 saturated heterocycles. The highest BCUT2D eigenvalue weighted by Gasteiger charge is 2.44. The third-order valence-electron chi connectivity index (χ3n) is 5.44. The van der Waals surface area contributed by atoms with E-state index in [4.69, 9.17) is 0 Å². The number of aryl methyl sites for hydroxylation is 1. The summed E-state index contributed by atoms with van der Waals surface area (Å²) in [6, 6.07) is 18.9. The van der Waals surface area contributed by atoms with Crippen molar-refractivity contribution in [1.29, 1.82) is 0 Å². The van der Waals surface area contributed by atoms with Crippen LogP contribution in [-0.4, -0.2) is 18.5 Å². The smallest absolute Gasteiger partial charge is 0.0385 e. The molecule has 0 N–H and O–H groups in total. The number of piperidine rings is 1. The molecule has 21 heavy (non-hydrogen) atoms. The molecule has 0 amide bonds. The van der Waals surface area contributed by atoms with Gasteiger partial charge in [-0.05, 0) is 56.0 Å². The SMILES string of the molecule is Cc1ccc([C@@H]2c3ccccc3[C@@H]3[C@H]2CCCN3C)cc1. The van der Waals surface area contributed by atoms with Crippen LogP contribution in [0.5, 0.6) is 0 Å². The highest BCUT2D eigenvalue weighted by atomic mass is 15.1. The predicted molar refractivity (Wildman–Crippen MR) is 87.6 cm³/mol. The van der Waals surface area contributed by atoms with Crippen molar-refractivity contribution in [2.24, 2.45) is 5.92 Å². The summed E-state index contributed by atoms with van der Waals surface area (Å²) in [5, 5.41) is 0. The fourth-order valence-electron chi connectivity index (χ4n) is 4.51. The van der Waals surface area contributed by atoms with Crippen molar-refractivity contribution in [2.75, 3.05) is 13.6 Å². The molecule has 0 bridgehead atoms. The molecule has 2 aromatic carbocycles. The van der Waals surface area contributed by atoms with E-state index in [9.17, 15) is 0 Å². The Labute approximate surface area is 127 Å². The van der Waals surface area contributed by atoms with Crippen LogP contribution in [0.2, 0.25) is 0 Å². The van der Waals surface area contributed by atoms with Crippen LogP contribution in [0.25, 0.3) is 0 Å². The zero-order valence-corrected chi connectivity index (χ0v) is 12.9. The molecule has 108 valence electrons. The Morgan fingerprint density at radius 2 is 1.67 bits per heavy atom. The van der Waals surface area contributed by atoms with Crippen molar-refractivity contribution in [3.8, 4) is 0 Å². The van der Waals surface area contributed by atoms with Crippen molar-refractivity contribution in [1.82, 2.24) is 4.90 Å². The van der Waals surface area contributed by atoms with Crippen molar-refractivity contribution in [2.45, 2.75) is 31.7 Å². The predicted octanol–water partition coefficient (Wildman–Crippen LogP) is 4.52. The Bertz CT molecular complexity index is 643. The molecule has 0 unspecified atom stereocenters. The molecule has 0 radical (unpaired) electrons. The van der Waals surface area contributed by atoms with E-state index in [1.807, 2.05) is 0 Å². The largest absolute Gasteiger partial charge is 0.299 e. The molecule has 2 aromatic rings. The number of nitrogens with zero attached hydrogens (tertiary/aromatic N) is 1. The van der Waals surface area contributed by atoms with Gasteiger partial charge in [0.1, 0.15) is 0 Å². The molecule has 2 aliphatic rings. The van der Waals surface area contributed by atoms with E-state index in [2.05, 4.69) is 67.4 Å². The minimum Gasteiger partial charge on any atom is -0.299 e. The molecule has 4 rings (SSSR count). The molecule has 3 atom stereocenters. The van der Waals surface area contributed by atoms with Gasteiger partial charge in [-0.25, -0.2) is 0 Å². The van der Waals surface area contributed by atoms with Crippen molar-refractivity contribution >= 4 is 0 Å². The lowest BCUT2D eigenvalue weighted by Crippen LogP contribution is -2.34. The summed E-state index contributed by atoms with van der Waals surface area (Å²) >= 11 is 0. The second kappa shape index (κ2) is 4.99. The van der Waals surface area contributed by atoms with Gasteiger partial charge in [0.05, 0.1) is 0 Å². The van der Waals surface area contributed by atoms with Gasteiger partial charge in [0, 0.05) is 12.0 Å². The van der Waals surface area contributed by atoms with Crippen molar-refractivity contribution < 1.29 is 0 Å². The third-order valence-corrected chi connectivity index (χ3v) is 5.44. The molecule has 1 heterocycles. The molecule has 0 aromatic heterocycles. The number of fused-ring (bicyclic) bond motifs is 3. The quantitative estimate of drug-likeness (QED) is 0.740. The van der Waals surface area contributed by atoms with Gasteiger partial charge < -0.3 is 0 Å². The van der Waals surface area contributed by atoms with E-state index in [0.717, 1.165) is 5.92 Å². The molecular weight excluding hydrogens is 254 g/mol. The number of rotatable bonds is 1. The average molecular weight is 277 g/mol. The Hall–Kier alpha value is -1.60. The van der Waals surface area contributed by atoms with Gasteiger partial charge in [0.2, 0.25) is 0 Å². The highest BCUT2D eigenvalue weighted by molar-refractivity contribution is 5.46. The Morgan fingerprint density at radius 1 is 0.952 bits per heavy atom. The molecule has 0 saturated carbocycles. The first-order valence-corrected chi connectivity index (χ1v) is 8.11. The zero-order valence-electron chi connectivity index (χ0n) is 12.9. The van der Waals surface area contributed by atoms with E-state index in [0.29, 0.717) is 12.0 Å². The van der Waals surface area contributed by atoms with E-state index < -0.39 is 0 Å². The van der Waals surface area contributed by atoms with Crippen LogP contribution in [0.15, 0.2) is 48.5 Å². The van der Waals surface area contributed by atoms with Gasteiger partial charge in [-0.2, -0.15) is 0 Å². The first-order chi connectivity index (χ1) is 10.3. The van der Waals surface area contributed by atoms with Crippen molar-refractivity contribution in [3.63, 3.8) is 0 Å². The maximum Gasteiger partial charge on any atom is 0.0385 e. The fourth-order valence-corrected chi connectivity index (χ4v) is 4.51. The first kappa shape index (κ1) is 13.1. The Kier molecular flexibility index (Phi) is 3.11. The Balaban J connectivity index is 1.84. The summed E-state index contributed by atoms with van der Waals surface area (Å²) in [4.78, 5) is 2.57. The number of hydrogen-bond acceptors (Lipinski definition) is 1. The van der Waals surface area contributed by atoms with Crippen LogP contribution in [-0.2, 0) is 0 Å². The molecule has 1 fully saturated rings. The van der Waals surface area contributed by atoms with Crippen LogP contribution in [0.3, 0.4) is 0 Å². The fraction of sp³-hybridized carbons (Fsp3) is 0.400. The summed E-state index contributed by atoms with van der Waals surface area (Å²) in [6.07, 6.45) is 2.68. The summed E-state index contributed by atoms with van der Waals surface area (Å²) < 4.78 is 0. The first-order valence-electron chi connectivity index (χ1n) is 8.11. The van der Waals surface area contributed by atoms with Crippen LogP contribution >= 0.6 is 0 Å². The summed E-state index contributed by atoms with van der Waals surface area (Å²) in [6.45, 7) is 3.40. The normalized spacial score (nSPS) is 28.2. The average Bonchev–Trinajstić information content (AvgIpc) is 2.84. The van der Waals surface area contributed by atoms with E-state index in [1.165, 1.54) is 30.5 Å². The highest BCUT2D eigenvalue weighted by Crippen LogP contribution is 2.54. The minimum absolute atomic E-state index is 0.578. The monoisotopic (exact) mass is 277 g/mol. The lowest BCUT2D eigenvalue weighted by atomic mass is 9.80. The lowest BCUT2D eigenvalue weighted by Gasteiger charge is -2.37. The van der Waals surface area contributed by atoms with Gasteiger partial charge in [-0.1, -0.05) is 54.1 Å². The molecular formula is C20H23N. The van der Waals surface area contributed by atoms with E-state index in [-0.39, 0.29) is 0 Å². The van der Waals surface area contributed by atoms with Gasteiger partial charge in [-0.3, -0.25) is 4.90 Å². The lowest BCUT2D eigenvalue weighted by molar-refractivity contribution is 0.127. The van der Waals surface area contributed by atoms with Crippen LogP contribution in [0, 0.1) is 12.8 Å². The van der Waals surface area contributed by atoms with E-state index in [1.54, 1.807) is 11.1 Å². The van der Waals surface area contributed by atoms with E-state index >= 15 is 0 Å². The number of hydrogen-bond donors (Lipinski definition) is 0. The van der Waals surface area contributed by atoms with Crippen LogP contribution in [0.4, 0.5) is 0 Å². The van der Waals surface area contributed by atoms with Gasteiger partial charge in [0.25, 0.3) is 0 Å². The van der Waals surface area contributed by atoms with Gasteiger partial charge >= 0.3 is 0 Å². The second-order valence-electron chi connectivity index (χ2n) is 6.75. The summed E-state index contributed by atoms with van der Waals surface area (Å²) in [5.74, 6) is 1.32. The molecule has 1 heteroatoms. The molecule has 0 spiro atoms. The molecule has 1 aliphatic carbocycles.